The molecule has 0 atom stereocenters. The number of rotatable bonds is 2. The summed E-state index contributed by atoms with van der Waals surface area (Å²) in [5, 5.41) is 1.21. The Balaban J connectivity index is 3.23. The minimum atomic E-state index is -3.42. The van der Waals surface area contributed by atoms with Crippen LogP contribution in [0.15, 0.2) is 35.3 Å². The van der Waals surface area contributed by atoms with E-state index in [9.17, 15) is 8.42 Å². The van der Waals surface area contributed by atoms with E-state index in [0.29, 0.717) is 5.02 Å². The minimum absolute atomic E-state index is 0.0399. The lowest BCUT2D eigenvalue weighted by Crippen LogP contribution is -1.97. The predicted molar refractivity (Wildman–Crippen MR) is 46.6 cm³/mol. The van der Waals surface area contributed by atoms with Crippen molar-refractivity contribution in [3.63, 3.8) is 0 Å². The van der Waals surface area contributed by atoms with Gasteiger partial charge >= 0.3 is 0 Å². The molecule has 1 aromatic heterocycles. The van der Waals surface area contributed by atoms with Crippen molar-refractivity contribution in [3.05, 3.63) is 35.3 Å². The first-order chi connectivity index (χ1) is 5.56. The van der Waals surface area contributed by atoms with Gasteiger partial charge in [0.2, 0.25) is 9.84 Å². The second-order valence-electron chi connectivity index (χ2n) is 2.03. The lowest BCUT2D eigenvalue weighted by molar-refractivity contribution is 0.601. The third-order valence-electron chi connectivity index (χ3n) is 1.21. The van der Waals surface area contributed by atoms with Crippen LogP contribution in [0.25, 0.3) is 0 Å². The Morgan fingerprint density at radius 1 is 1.50 bits per heavy atom. The maximum absolute atomic E-state index is 11.1. The molecule has 0 N–H and O–H groups in total. The summed E-state index contributed by atoms with van der Waals surface area (Å²) < 4.78 is 22.2. The minimum Gasteiger partial charge on any atom is -0.243 e. The van der Waals surface area contributed by atoms with Gasteiger partial charge in [0.05, 0.1) is 5.02 Å². The highest BCUT2D eigenvalue weighted by Gasteiger charge is 2.09. The van der Waals surface area contributed by atoms with Gasteiger partial charge in [-0.1, -0.05) is 18.2 Å². The SMILES string of the molecule is C=CS(=O)(=O)c1ccc(Cl)cn1. The van der Waals surface area contributed by atoms with E-state index < -0.39 is 9.84 Å². The zero-order valence-corrected chi connectivity index (χ0v) is 7.64. The number of hydrogen-bond acceptors (Lipinski definition) is 3. The second kappa shape index (κ2) is 3.25. The molecule has 5 heteroatoms. The molecule has 1 rings (SSSR count). The maximum Gasteiger partial charge on any atom is 0.216 e. The maximum atomic E-state index is 11.1. The Bertz CT molecular complexity index is 382. The van der Waals surface area contributed by atoms with Crippen LogP contribution in [0, 0.1) is 0 Å². The van der Waals surface area contributed by atoms with Gasteiger partial charge in [0, 0.05) is 11.6 Å². The molecule has 12 heavy (non-hydrogen) atoms. The molecular weight excluding hydrogens is 198 g/mol. The van der Waals surface area contributed by atoms with Crippen molar-refractivity contribution in [1.82, 2.24) is 4.98 Å². The Kier molecular flexibility index (Phi) is 2.49. The lowest BCUT2D eigenvalue weighted by Gasteiger charge is -1.95. The summed E-state index contributed by atoms with van der Waals surface area (Å²) in [6.45, 7) is 3.17. The Hall–Kier alpha value is -0.870. The normalized spacial score (nSPS) is 11.1. The fourth-order valence-electron chi connectivity index (χ4n) is 0.616. The van der Waals surface area contributed by atoms with E-state index in [4.69, 9.17) is 11.6 Å². The Morgan fingerprint density at radius 2 is 2.17 bits per heavy atom. The number of pyridine rings is 1. The van der Waals surface area contributed by atoms with Gasteiger partial charge in [-0.2, -0.15) is 0 Å². The van der Waals surface area contributed by atoms with Crippen LogP contribution in [0.3, 0.4) is 0 Å². The van der Waals surface area contributed by atoms with Crippen molar-refractivity contribution < 1.29 is 8.42 Å². The first-order valence-corrected chi connectivity index (χ1v) is 4.98. The zero-order valence-electron chi connectivity index (χ0n) is 6.07. The average molecular weight is 204 g/mol. The molecule has 1 aromatic rings. The van der Waals surface area contributed by atoms with Crippen molar-refractivity contribution in [2.24, 2.45) is 0 Å². The summed E-state index contributed by atoms with van der Waals surface area (Å²) >= 11 is 5.52. The van der Waals surface area contributed by atoms with E-state index in [1.807, 2.05) is 0 Å². The van der Waals surface area contributed by atoms with Gasteiger partial charge in [0.1, 0.15) is 0 Å². The summed E-state index contributed by atoms with van der Waals surface area (Å²) in [6, 6.07) is 2.80. The summed E-state index contributed by atoms with van der Waals surface area (Å²) in [5.74, 6) is 0. The Morgan fingerprint density at radius 3 is 2.58 bits per heavy atom. The first-order valence-electron chi connectivity index (χ1n) is 3.05. The quantitative estimate of drug-likeness (QED) is 0.735. The van der Waals surface area contributed by atoms with Crippen molar-refractivity contribution in [3.8, 4) is 0 Å². The van der Waals surface area contributed by atoms with Gasteiger partial charge < -0.3 is 0 Å². The fraction of sp³-hybridized carbons (Fsp3) is 0. The van der Waals surface area contributed by atoms with E-state index in [2.05, 4.69) is 11.6 Å². The van der Waals surface area contributed by atoms with Gasteiger partial charge in [-0.15, -0.1) is 0 Å². The van der Waals surface area contributed by atoms with Gasteiger partial charge in [-0.05, 0) is 12.1 Å². The molecule has 0 fully saturated rings. The third kappa shape index (κ3) is 1.84. The lowest BCUT2D eigenvalue weighted by atomic mass is 10.5. The van der Waals surface area contributed by atoms with Gasteiger partial charge in [-0.25, -0.2) is 13.4 Å². The first kappa shape index (κ1) is 9.22. The third-order valence-corrected chi connectivity index (χ3v) is 2.70. The molecule has 0 unspecified atom stereocenters. The van der Waals surface area contributed by atoms with Crippen LogP contribution >= 0.6 is 11.6 Å². The van der Waals surface area contributed by atoms with Crippen LogP contribution in [0.1, 0.15) is 0 Å². The van der Waals surface area contributed by atoms with Crippen LogP contribution in [0.5, 0.6) is 0 Å². The van der Waals surface area contributed by atoms with Gasteiger partial charge in [0.15, 0.2) is 5.03 Å². The van der Waals surface area contributed by atoms with E-state index in [1.54, 1.807) is 0 Å². The number of halogens is 1. The molecule has 0 bridgehead atoms. The Labute approximate surface area is 75.6 Å². The standard InChI is InChI=1S/C7H6ClNO2S/c1-2-12(10,11)7-4-3-6(8)5-9-7/h2-5H,1H2. The molecule has 0 saturated carbocycles. The number of hydrogen-bond donors (Lipinski definition) is 0. The van der Waals surface area contributed by atoms with Gasteiger partial charge in [-0.3, -0.25) is 0 Å². The van der Waals surface area contributed by atoms with Crippen molar-refractivity contribution in [1.29, 1.82) is 0 Å². The largest absolute Gasteiger partial charge is 0.243 e. The van der Waals surface area contributed by atoms with E-state index in [-0.39, 0.29) is 5.03 Å². The van der Waals surface area contributed by atoms with E-state index in [1.165, 1.54) is 18.3 Å². The highest BCUT2D eigenvalue weighted by molar-refractivity contribution is 7.94. The molecule has 0 radical (unpaired) electrons. The topological polar surface area (TPSA) is 47.0 Å². The second-order valence-corrected chi connectivity index (χ2v) is 4.30. The number of aromatic nitrogens is 1. The van der Waals surface area contributed by atoms with Crippen LogP contribution in [-0.4, -0.2) is 13.4 Å². The average Bonchev–Trinajstić information content (AvgIpc) is 2.05. The molecule has 0 amide bonds. The van der Waals surface area contributed by atoms with Crippen molar-refractivity contribution >= 4 is 21.4 Å². The van der Waals surface area contributed by atoms with Crippen molar-refractivity contribution in [2.75, 3.05) is 0 Å². The molecule has 3 nitrogen and oxygen atoms in total. The molecule has 0 aliphatic heterocycles. The smallest absolute Gasteiger partial charge is 0.216 e. The van der Waals surface area contributed by atoms with Gasteiger partial charge in [0.25, 0.3) is 0 Å². The summed E-state index contributed by atoms with van der Waals surface area (Å²) in [6.07, 6.45) is 1.28. The highest BCUT2D eigenvalue weighted by Crippen LogP contribution is 2.11. The van der Waals surface area contributed by atoms with Crippen LogP contribution in [-0.2, 0) is 9.84 Å². The molecule has 0 aliphatic rings. The van der Waals surface area contributed by atoms with Crippen LogP contribution in [0.2, 0.25) is 5.02 Å². The van der Waals surface area contributed by atoms with Crippen molar-refractivity contribution in [2.45, 2.75) is 5.03 Å². The molecule has 0 aliphatic carbocycles. The monoisotopic (exact) mass is 203 g/mol. The van der Waals surface area contributed by atoms with E-state index >= 15 is 0 Å². The zero-order chi connectivity index (χ0) is 9.19. The number of sulfone groups is 1. The van der Waals surface area contributed by atoms with Crippen LogP contribution in [0.4, 0.5) is 0 Å². The van der Waals surface area contributed by atoms with E-state index in [0.717, 1.165) is 5.41 Å². The molecule has 1 heterocycles. The molecule has 0 spiro atoms. The molecular formula is C7H6ClNO2S. The molecule has 64 valence electrons. The summed E-state index contributed by atoms with van der Waals surface area (Å²) in [5.41, 5.74) is 0. The molecule has 0 aromatic carbocycles. The van der Waals surface area contributed by atoms with Crippen LogP contribution < -0.4 is 0 Å². The fourth-order valence-corrected chi connectivity index (χ4v) is 1.36. The highest BCUT2D eigenvalue weighted by atomic mass is 35.5. The number of nitrogens with zero attached hydrogens (tertiary/aromatic N) is 1. The summed E-state index contributed by atoms with van der Waals surface area (Å²) in [4.78, 5) is 3.63. The summed E-state index contributed by atoms with van der Waals surface area (Å²) in [7, 11) is -3.42. The predicted octanol–water partition coefficient (Wildman–Crippen LogP) is 1.65. The molecule has 0 saturated heterocycles.